The van der Waals surface area contributed by atoms with Crippen molar-refractivity contribution < 1.29 is 9.53 Å². The van der Waals surface area contributed by atoms with E-state index in [4.69, 9.17) is 9.72 Å². The summed E-state index contributed by atoms with van der Waals surface area (Å²) in [5.74, 6) is 1.06. The first-order valence-electron chi connectivity index (χ1n) is 10.8. The first kappa shape index (κ1) is 20.9. The summed E-state index contributed by atoms with van der Waals surface area (Å²) in [6, 6.07) is 7.44. The number of aryl methyl sites for hydroxylation is 2. The van der Waals surface area contributed by atoms with Crippen LogP contribution in [0.25, 0.3) is 5.69 Å². The molecule has 33 heavy (non-hydrogen) atoms. The molecule has 10 heteroatoms. The fourth-order valence-electron chi connectivity index (χ4n) is 4.41. The van der Waals surface area contributed by atoms with Gasteiger partial charge in [0, 0.05) is 32.0 Å². The molecule has 0 bridgehead atoms. The number of nitrogens with one attached hydrogen (secondary N) is 2. The van der Waals surface area contributed by atoms with Crippen molar-refractivity contribution in [1.29, 1.82) is 5.26 Å². The number of ether oxygens (including phenoxy) is 1. The first-order chi connectivity index (χ1) is 16.0. The maximum absolute atomic E-state index is 12.6. The molecule has 10 nitrogen and oxygen atoms in total. The van der Waals surface area contributed by atoms with E-state index in [0.717, 1.165) is 17.1 Å². The molecule has 5 rings (SSSR count). The van der Waals surface area contributed by atoms with Crippen LogP contribution in [0.1, 0.15) is 30.3 Å². The molecule has 2 unspecified atom stereocenters. The number of aromatic nitrogens is 4. The Balaban J connectivity index is 1.49. The van der Waals surface area contributed by atoms with Gasteiger partial charge in [-0.15, -0.1) is 0 Å². The summed E-state index contributed by atoms with van der Waals surface area (Å²) in [5.41, 5.74) is 4.23. The molecule has 168 valence electrons. The van der Waals surface area contributed by atoms with Crippen molar-refractivity contribution in [1.82, 2.24) is 19.5 Å². The fourth-order valence-corrected chi connectivity index (χ4v) is 4.41. The van der Waals surface area contributed by atoms with Crippen molar-refractivity contribution in [3.8, 4) is 11.8 Å². The zero-order valence-corrected chi connectivity index (χ0v) is 18.7. The van der Waals surface area contributed by atoms with E-state index in [1.165, 1.54) is 0 Å². The Morgan fingerprint density at radius 2 is 2.21 bits per heavy atom. The zero-order chi connectivity index (χ0) is 23.1. The van der Waals surface area contributed by atoms with Gasteiger partial charge in [-0.2, -0.15) is 10.2 Å². The SMILES string of the molecule is CCc1nc(Nc2ccc(-n3cnc(C)c3)c(C#N)c2)nc2c1NC(=O)C1CC(OC)CN21. The summed E-state index contributed by atoms with van der Waals surface area (Å²) >= 11 is 0. The summed E-state index contributed by atoms with van der Waals surface area (Å²) in [6.07, 6.45) is 4.79. The summed E-state index contributed by atoms with van der Waals surface area (Å²) in [5, 5.41) is 15.9. The minimum absolute atomic E-state index is 0.0271. The van der Waals surface area contributed by atoms with Crippen molar-refractivity contribution in [3.05, 3.63) is 47.7 Å². The average molecular weight is 444 g/mol. The second-order valence-electron chi connectivity index (χ2n) is 8.19. The number of fused-ring (bicyclic) bond motifs is 3. The van der Waals surface area contributed by atoms with Crippen LogP contribution in [0.4, 0.5) is 23.1 Å². The van der Waals surface area contributed by atoms with Crippen LogP contribution in [0.2, 0.25) is 0 Å². The summed E-state index contributed by atoms with van der Waals surface area (Å²) in [4.78, 5) is 28.3. The third-order valence-electron chi connectivity index (χ3n) is 6.08. The highest BCUT2D eigenvalue weighted by atomic mass is 16.5. The molecule has 2 aromatic heterocycles. The van der Waals surface area contributed by atoms with E-state index >= 15 is 0 Å². The molecule has 2 aliphatic heterocycles. The number of anilines is 4. The number of hydrogen-bond donors (Lipinski definition) is 2. The standard InChI is InChI=1S/C23H24N8O2/c1-4-17-20-21(31-11-16(33-3)8-19(31)22(32)28-20)29-23(27-17)26-15-5-6-18(14(7-15)9-24)30-10-13(2)25-12-30/h5-7,10,12,16,19H,4,8,11H2,1-3H3,(H,28,32)(H,26,27,29). The van der Waals surface area contributed by atoms with Gasteiger partial charge in [0.05, 0.1) is 35.1 Å². The van der Waals surface area contributed by atoms with Gasteiger partial charge in [0.2, 0.25) is 11.9 Å². The van der Waals surface area contributed by atoms with Crippen LogP contribution in [0.15, 0.2) is 30.7 Å². The molecule has 1 saturated heterocycles. The molecule has 0 aliphatic carbocycles. The smallest absolute Gasteiger partial charge is 0.247 e. The topological polar surface area (TPSA) is 121 Å². The molecule has 2 atom stereocenters. The molecular weight excluding hydrogens is 420 g/mol. The highest BCUT2D eigenvalue weighted by Gasteiger charge is 2.43. The van der Waals surface area contributed by atoms with Crippen LogP contribution >= 0.6 is 0 Å². The summed E-state index contributed by atoms with van der Waals surface area (Å²) < 4.78 is 7.33. The van der Waals surface area contributed by atoms with E-state index in [1.54, 1.807) is 19.5 Å². The number of rotatable bonds is 5. The minimum Gasteiger partial charge on any atom is -0.380 e. The lowest BCUT2D eigenvalue weighted by Crippen LogP contribution is -2.45. The van der Waals surface area contributed by atoms with Gasteiger partial charge in [-0.3, -0.25) is 4.79 Å². The van der Waals surface area contributed by atoms with Crippen LogP contribution in [-0.4, -0.2) is 51.2 Å². The zero-order valence-electron chi connectivity index (χ0n) is 18.7. The number of carbonyl (C=O) groups excluding carboxylic acids is 1. The number of hydrogen-bond acceptors (Lipinski definition) is 8. The van der Waals surface area contributed by atoms with Gasteiger partial charge in [0.1, 0.15) is 17.8 Å². The van der Waals surface area contributed by atoms with Crippen LogP contribution < -0.4 is 15.5 Å². The number of nitrogens with zero attached hydrogens (tertiary/aromatic N) is 6. The monoisotopic (exact) mass is 444 g/mol. The van der Waals surface area contributed by atoms with Crippen LogP contribution in [0, 0.1) is 18.3 Å². The fraction of sp³-hybridized carbons (Fsp3) is 0.348. The highest BCUT2D eigenvalue weighted by molar-refractivity contribution is 6.04. The Hall–Kier alpha value is -3.97. The lowest BCUT2D eigenvalue weighted by atomic mass is 10.1. The van der Waals surface area contributed by atoms with Crippen molar-refractivity contribution >= 4 is 29.0 Å². The number of methoxy groups -OCH3 is 1. The normalized spacial score (nSPS) is 19.0. The molecule has 3 aromatic rings. The quantitative estimate of drug-likeness (QED) is 0.616. The molecular formula is C23H24N8O2. The first-order valence-corrected chi connectivity index (χ1v) is 10.8. The predicted molar refractivity (Wildman–Crippen MR) is 123 cm³/mol. The van der Waals surface area contributed by atoms with E-state index in [1.807, 2.05) is 41.6 Å². The molecule has 4 heterocycles. The Kier molecular flexibility index (Phi) is 5.18. The molecule has 1 amide bonds. The van der Waals surface area contributed by atoms with E-state index in [2.05, 4.69) is 26.7 Å². The van der Waals surface area contributed by atoms with E-state index in [-0.39, 0.29) is 18.1 Å². The summed E-state index contributed by atoms with van der Waals surface area (Å²) in [7, 11) is 1.66. The minimum atomic E-state index is -0.307. The lowest BCUT2D eigenvalue weighted by molar-refractivity contribution is -0.117. The molecule has 2 aliphatic rings. The van der Waals surface area contributed by atoms with Crippen LogP contribution in [-0.2, 0) is 16.0 Å². The Morgan fingerprint density at radius 3 is 2.91 bits per heavy atom. The molecule has 1 fully saturated rings. The second-order valence-corrected chi connectivity index (χ2v) is 8.19. The third kappa shape index (κ3) is 3.66. The van der Waals surface area contributed by atoms with Gasteiger partial charge < -0.3 is 24.8 Å². The van der Waals surface area contributed by atoms with Crippen molar-refractivity contribution in [3.63, 3.8) is 0 Å². The molecule has 0 saturated carbocycles. The van der Waals surface area contributed by atoms with E-state index in [9.17, 15) is 10.1 Å². The maximum atomic E-state index is 12.6. The van der Waals surface area contributed by atoms with Gasteiger partial charge in [0.15, 0.2) is 5.82 Å². The number of benzene rings is 1. The largest absolute Gasteiger partial charge is 0.380 e. The second kappa shape index (κ2) is 8.18. The highest BCUT2D eigenvalue weighted by Crippen LogP contribution is 2.38. The van der Waals surface area contributed by atoms with Crippen LogP contribution in [0.5, 0.6) is 0 Å². The lowest BCUT2D eigenvalue weighted by Gasteiger charge is -2.32. The Bertz CT molecular complexity index is 1280. The molecule has 0 radical (unpaired) electrons. The summed E-state index contributed by atoms with van der Waals surface area (Å²) in [6.45, 7) is 4.49. The number of nitriles is 1. The van der Waals surface area contributed by atoms with Gasteiger partial charge in [0.25, 0.3) is 0 Å². The van der Waals surface area contributed by atoms with E-state index in [0.29, 0.717) is 48.1 Å². The van der Waals surface area contributed by atoms with Crippen LogP contribution in [0.3, 0.4) is 0 Å². The maximum Gasteiger partial charge on any atom is 0.247 e. The average Bonchev–Trinajstić information content (AvgIpc) is 3.46. The Labute approximate surface area is 191 Å². The molecule has 1 aromatic carbocycles. The van der Waals surface area contributed by atoms with Crippen molar-refractivity contribution in [2.24, 2.45) is 0 Å². The molecule has 2 N–H and O–H groups in total. The number of amides is 1. The van der Waals surface area contributed by atoms with Crippen molar-refractivity contribution in [2.75, 3.05) is 29.2 Å². The van der Waals surface area contributed by atoms with Gasteiger partial charge >= 0.3 is 0 Å². The Morgan fingerprint density at radius 1 is 1.36 bits per heavy atom. The molecule has 0 spiro atoms. The number of imidazole rings is 1. The van der Waals surface area contributed by atoms with Gasteiger partial charge in [-0.1, -0.05) is 6.92 Å². The third-order valence-corrected chi connectivity index (χ3v) is 6.08. The van der Waals surface area contributed by atoms with Gasteiger partial charge in [-0.05, 0) is 31.5 Å². The predicted octanol–water partition coefficient (Wildman–Crippen LogP) is 2.69. The van der Waals surface area contributed by atoms with Gasteiger partial charge in [-0.25, -0.2) is 9.97 Å². The van der Waals surface area contributed by atoms with Crippen molar-refractivity contribution in [2.45, 2.75) is 38.8 Å². The van der Waals surface area contributed by atoms with E-state index < -0.39 is 0 Å². The number of carbonyl (C=O) groups is 1.